The standard InChI is InChI=1S/C19H32OSi/c1-14(2)21(15(3)4,16(5)6)20-19-13-9-11-17-10-7-8-12-18(17)19/h9,11,13-16H,7-8,10,12H2,1-6H3. The largest absolute Gasteiger partial charge is 0.542 e. The summed E-state index contributed by atoms with van der Waals surface area (Å²) < 4.78 is 6.92. The van der Waals surface area contributed by atoms with Crippen molar-refractivity contribution in [3.63, 3.8) is 0 Å². The van der Waals surface area contributed by atoms with Gasteiger partial charge in [-0.15, -0.1) is 0 Å². The molecule has 2 rings (SSSR count). The number of fused-ring (bicyclic) bond motifs is 1. The molecule has 1 nitrogen and oxygen atoms in total. The van der Waals surface area contributed by atoms with Crippen LogP contribution in [0.4, 0.5) is 0 Å². The Bertz CT molecular complexity index is 455. The summed E-state index contributed by atoms with van der Waals surface area (Å²) in [6.07, 6.45) is 5.07. The summed E-state index contributed by atoms with van der Waals surface area (Å²) in [4.78, 5) is 0. The van der Waals surface area contributed by atoms with Crippen molar-refractivity contribution in [2.24, 2.45) is 0 Å². The summed E-state index contributed by atoms with van der Waals surface area (Å²) in [5, 5.41) is 0. The van der Waals surface area contributed by atoms with Crippen molar-refractivity contribution in [2.45, 2.75) is 83.8 Å². The van der Waals surface area contributed by atoms with Crippen LogP contribution >= 0.6 is 0 Å². The van der Waals surface area contributed by atoms with Gasteiger partial charge in [0.25, 0.3) is 8.32 Å². The Morgan fingerprint density at radius 2 is 1.43 bits per heavy atom. The third-order valence-corrected chi connectivity index (χ3v) is 11.3. The summed E-state index contributed by atoms with van der Waals surface area (Å²) in [5.41, 5.74) is 4.94. The predicted octanol–water partition coefficient (Wildman–Crippen LogP) is 6.12. The quantitative estimate of drug-likeness (QED) is 0.595. The van der Waals surface area contributed by atoms with E-state index in [4.69, 9.17) is 4.43 Å². The number of benzene rings is 1. The summed E-state index contributed by atoms with van der Waals surface area (Å²) in [6, 6.07) is 6.71. The van der Waals surface area contributed by atoms with E-state index in [2.05, 4.69) is 59.7 Å². The molecule has 0 aromatic heterocycles. The van der Waals surface area contributed by atoms with Gasteiger partial charge in [-0.1, -0.05) is 53.7 Å². The van der Waals surface area contributed by atoms with Crippen molar-refractivity contribution in [3.8, 4) is 5.75 Å². The maximum Gasteiger partial charge on any atom is 0.258 e. The van der Waals surface area contributed by atoms with Crippen LogP contribution < -0.4 is 4.43 Å². The summed E-state index contributed by atoms with van der Waals surface area (Å²) in [5.74, 6) is 1.20. The molecular weight excluding hydrogens is 272 g/mol. The first kappa shape index (κ1) is 16.6. The number of aryl methyl sites for hydroxylation is 1. The van der Waals surface area contributed by atoms with Crippen LogP contribution in [0.2, 0.25) is 16.6 Å². The van der Waals surface area contributed by atoms with E-state index < -0.39 is 8.32 Å². The molecule has 1 aromatic rings. The molecule has 0 saturated carbocycles. The van der Waals surface area contributed by atoms with Gasteiger partial charge >= 0.3 is 0 Å². The number of rotatable bonds is 5. The minimum absolute atomic E-state index is 0.636. The third kappa shape index (κ3) is 3.06. The molecule has 0 spiro atoms. The minimum Gasteiger partial charge on any atom is -0.542 e. The Balaban J connectivity index is 2.42. The van der Waals surface area contributed by atoms with E-state index in [9.17, 15) is 0 Å². The van der Waals surface area contributed by atoms with Gasteiger partial charge in [-0.05, 0) is 59.5 Å². The molecule has 0 bridgehead atoms. The average molecular weight is 305 g/mol. The topological polar surface area (TPSA) is 9.23 Å². The van der Waals surface area contributed by atoms with E-state index >= 15 is 0 Å². The molecule has 0 radical (unpaired) electrons. The molecule has 118 valence electrons. The Hall–Kier alpha value is -0.763. The lowest BCUT2D eigenvalue weighted by atomic mass is 9.91. The first-order chi connectivity index (χ1) is 9.89. The fraction of sp³-hybridized carbons (Fsp3) is 0.684. The highest BCUT2D eigenvalue weighted by Gasteiger charge is 2.47. The van der Waals surface area contributed by atoms with E-state index in [0.717, 1.165) is 0 Å². The third-order valence-electron chi connectivity index (χ3n) is 5.35. The van der Waals surface area contributed by atoms with Gasteiger partial charge < -0.3 is 4.43 Å². The van der Waals surface area contributed by atoms with Gasteiger partial charge in [-0.3, -0.25) is 0 Å². The number of hydrogen-bond donors (Lipinski definition) is 0. The van der Waals surface area contributed by atoms with Crippen LogP contribution in [0.1, 0.15) is 65.5 Å². The molecule has 0 N–H and O–H groups in total. The lowest BCUT2D eigenvalue weighted by Crippen LogP contribution is -2.51. The fourth-order valence-electron chi connectivity index (χ4n) is 4.39. The molecule has 21 heavy (non-hydrogen) atoms. The first-order valence-electron chi connectivity index (χ1n) is 8.69. The smallest absolute Gasteiger partial charge is 0.258 e. The highest BCUT2D eigenvalue weighted by Crippen LogP contribution is 2.44. The summed E-state index contributed by atoms with van der Waals surface area (Å²) in [7, 11) is -1.83. The molecule has 0 aliphatic heterocycles. The summed E-state index contributed by atoms with van der Waals surface area (Å²) >= 11 is 0. The van der Waals surface area contributed by atoms with Crippen molar-refractivity contribution in [2.75, 3.05) is 0 Å². The van der Waals surface area contributed by atoms with Crippen molar-refractivity contribution < 1.29 is 4.43 Å². The molecule has 0 fully saturated rings. The van der Waals surface area contributed by atoms with E-state index in [1.165, 1.54) is 42.6 Å². The van der Waals surface area contributed by atoms with Crippen LogP contribution in [0, 0.1) is 0 Å². The lowest BCUT2D eigenvalue weighted by molar-refractivity contribution is 0.470. The van der Waals surface area contributed by atoms with E-state index in [1.807, 2.05) is 0 Å². The van der Waals surface area contributed by atoms with Crippen LogP contribution in [-0.4, -0.2) is 8.32 Å². The Kier molecular flexibility index (Phi) is 5.18. The second-order valence-electron chi connectivity index (χ2n) is 7.52. The monoisotopic (exact) mass is 304 g/mol. The molecular formula is C19H32OSi. The zero-order valence-electron chi connectivity index (χ0n) is 14.7. The van der Waals surface area contributed by atoms with Crippen molar-refractivity contribution in [1.82, 2.24) is 0 Å². The number of hydrogen-bond acceptors (Lipinski definition) is 1. The highest BCUT2D eigenvalue weighted by molar-refractivity contribution is 6.78. The molecule has 1 aliphatic carbocycles. The maximum atomic E-state index is 6.92. The van der Waals surface area contributed by atoms with Crippen LogP contribution in [0.15, 0.2) is 18.2 Å². The first-order valence-corrected chi connectivity index (χ1v) is 10.8. The zero-order chi connectivity index (χ0) is 15.6. The van der Waals surface area contributed by atoms with Gasteiger partial charge in [0.2, 0.25) is 0 Å². The molecule has 2 heteroatoms. The lowest BCUT2D eigenvalue weighted by Gasteiger charge is -2.43. The van der Waals surface area contributed by atoms with Crippen LogP contribution in [0.5, 0.6) is 5.75 Å². The molecule has 0 saturated heterocycles. The Morgan fingerprint density at radius 3 is 2.00 bits per heavy atom. The summed E-state index contributed by atoms with van der Waals surface area (Å²) in [6.45, 7) is 14.2. The predicted molar refractivity (Wildman–Crippen MR) is 94.8 cm³/mol. The van der Waals surface area contributed by atoms with Crippen molar-refractivity contribution in [3.05, 3.63) is 29.3 Å². The van der Waals surface area contributed by atoms with Crippen LogP contribution in [-0.2, 0) is 12.8 Å². The van der Waals surface area contributed by atoms with E-state index in [-0.39, 0.29) is 0 Å². The average Bonchev–Trinajstić information content (AvgIpc) is 2.43. The van der Waals surface area contributed by atoms with Gasteiger partial charge in [0.05, 0.1) is 0 Å². The van der Waals surface area contributed by atoms with Gasteiger partial charge in [-0.2, -0.15) is 0 Å². The second kappa shape index (κ2) is 6.56. The van der Waals surface area contributed by atoms with Crippen molar-refractivity contribution in [1.29, 1.82) is 0 Å². The van der Waals surface area contributed by atoms with Gasteiger partial charge in [0.15, 0.2) is 0 Å². The SMILES string of the molecule is CC(C)[Si](Oc1cccc2c1CCCC2)(C(C)C)C(C)C. The molecule has 0 unspecified atom stereocenters. The fourth-order valence-corrected chi connectivity index (χ4v) is 9.67. The normalized spacial score (nSPS) is 15.7. The molecule has 1 aromatic carbocycles. The highest BCUT2D eigenvalue weighted by atomic mass is 28.4. The molecule has 0 amide bonds. The molecule has 0 atom stereocenters. The van der Waals surface area contributed by atoms with Gasteiger partial charge in [0.1, 0.15) is 5.75 Å². The van der Waals surface area contributed by atoms with Gasteiger partial charge in [0, 0.05) is 0 Å². The molecule has 1 aliphatic rings. The van der Waals surface area contributed by atoms with Gasteiger partial charge in [-0.25, -0.2) is 0 Å². The molecule has 0 heterocycles. The van der Waals surface area contributed by atoms with E-state index in [1.54, 1.807) is 0 Å². The second-order valence-corrected chi connectivity index (χ2v) is 12.9. The van der Waals surface area contributed by atoms with E-state index in [0.29, 0.717) is 16.6 Å². The van der Waals surface area contributed by atoms with Crippen LogP contribution in [0.3, 0.4) is 0 Å². The van der Waals surface area contributed by atoms with Crippen LogP contribution in [0.25, 0.3) is 0 Å². The minimum atomic E-state index is -1.83. The zero-order valence-corrected chi connectivity index (χ0v) is 15.7. The maximum absolute atomic E-state index is 6.92. The Morgan fingerprint density at radius 1 is 0.857 bits per heavy atom. The van der Waals surface area contributed by atoms with Crippen molar-refractivity contribution >= 4 is 8.32 Å². The Labute approximate surface area is 132 Å².